The molecule has 2 aromatic rings. The van der Waals surface area contributed by atoms with Gasteiger partial charge in [-0.1, -0.05) is 12.2 Å². The number of hydrogen-bond acceptors (Lipinski definition) is 4. The number of thiocarbonyl (C=S) groups is 1. The van der Waals surface area contributed by atoms with Crippen molar-refractivity contribution >= 4 is 17.2 Å². The normalized spacial score (nSPS) is 10.0. The van der Waals surface area contributed by atoms with Crippen LogP contribution in [0.15, 0.2) is 31.0 Å². The first-order valence-electron chi connectivity index (χ1n) is 3.89. The molecule has 0 bridgehead atoms. The molecule has 0 fully saturated rings. The smallest absolute Gasteiger partial charge is 0.165 e. The van der Waals surface area contributed by atoms with E-state index in [2.05, 4.69) is 15.1 Å². The van der Waals surface area contributed by atoms with E-state index in [9.17, 15) is 0 Å². The van der Waals surface area contributed by atoms with Crippen LogP contribution in [-0.2, 0) is 0 Å². The molecule has 2 aromatic heterocycles. The Kier molecular flexibility index (Phi) is 2.19. The fourth-order valence-corrected chi connectivity index (χ4v) is 1.25. The number of nitrogens with two attached hydrogens (primary N) is 1. The molecule has 0 saturated carbocycles. The van der Waals surface area contributed by atoms with E-state index < -0.39 is 0 Å². The Labute approximate surface area is 85.6 Å². The van der Waals surface area contributed by atoms with Crippen LogP contribution in [0.5, 0.6) is 0 Å². The van der Waals surface area contributed by atoms with Gasteiger partial charge in [-0.3, -0.25) is 0 Å². The molecule has 0 saturated heterocycles. The van der Waals surface area contributed by atoms with Crippen LogP contribution in [0, 0.1) is 0 Å². The molecule has 0 aromatic carbocycles. The molecule has 14 heavy (non-hydrogen) atoms. The van der Waals surface area contributed by atoms with Crippen LogP contribution in [-0.4, -0.2) is 24.7 Å². The Morgan fingerprint density at radius 1 is 1.50 bits per heavy atom. The van der Waals surface area contributed by atoms with E-state index in [-0.39, 0.29) is 0 Å². The van der Waals surface area contributed by atoms with E-state index in [0.29, 0.717) is 16.4 Å². The maximum absolute atomic E-state index is 5.55. The van der Waals surface area contributed by atoms with Gasteiger partial charge in [0.25, 0.3) is 0 Å². The maximum Gasteiger partial charge on any atom is 0.165 e. The molecule has 5 nitrogen and oxygen atoms in total. The third kappa shape index (κ3) is 1.47. The van der Waals surface area contributed by atoms with Gasteiger partial charge in [0, 0.05) is 6.20 Å². The lowest BCUT2D eigenvalue weighted by molar-refractivity contribution is 0.843. The zero-order chi connectivity index (χ0) is 9.97. The molecule has 0 atom stereocenters. The summed E-state index contributed by atoms with van der Waals surface area (Å²) in [5, 5.41) is 3.96. The van der Waals surface area contributed by atoms with E-state index >= 15 is 0 Å². The molecule has 0 aliphatic rings. The number of pyridine rings is 1. The quantitative estimate of drug-likeness (QED) is 0.714. The Bertz CT molecular complexity index is 451. The molecule has 70 valence electrons. The van der Waals surface area contributed by atoms with Crippen LogP contribution in [0.1, 0.15) is 5.56 Å². The van der Waals surface area contributed by atoms with Crippen LogP contribution >= 0.6 is 12.2 Å². The minimum absolute atomic E-state index is 0.295. The van der Waals surface area contributed by atoms with Crippen LogP contribution in [0.4, 0.5) is 0 Å². The van der Waals surface area contributed by atoms with Gasteiger partial charge >= 0.3 is 0 Å². The zero-order valence-corrected chi connectivity index (χ0v) is 7.98. The molecule has 0 amide bonds. The van der Waals surface area contributed by atoms with E-state index in [1.54, 1.807) is 24.7 Å². The summed E-state index contributed by atoms with van der Waals surface area (Å²) in [6.07, 6.45) is 4.63. The fourth-order valence-electron chi connectivity index (χ4n) is 1.09. The van der Waals surface area contributed by atoms with Crippen molar-refractivity contribution in [2.24, 2.45) is 5.73 Å². The van der Waals surface area contributed by atoms with Crippen molar-refractivity contribution in [3.63, 3.8) is 0 Å². The Morgan fingerprint density at radius 3 is 3.00 bits per heavy atom. The van der Waals surface area contributed by atoms with E-state index in [1.165, 1.54) is 11.0 Å². The molecule has 2 heterocycles. The topological polar surface area (TPSA) is 69.6 Å². The van der Waals surface area contributed by atoms with Crippen molar-refractivity contribution in [2.45, 2.75) is 0 Å². The molecule has 0 radical (unpaired) electrons. The van der Waals surface area contributed by atoms with Crippen molar-refractivity contribution in [1.82, 2.24) is 19.7 Å². The molecule has 0 aliphatic heterocycles. The summed E-state index contributed by atoms with van der Waals surface area (Å²) >= 11 is 4.90. The summed E-state index contributed by atoms with van der Waals surface area (Å²) in [4.78, 5) is 8.26. The number of rotatable bonds is 2. The van der Waals surface area contributed by atoms with Gasteiger partial charge in [-0.2, -0.15) is 5.10 Å². The van der Waals surface area contributed by atoms with Crippen LogP contribution < -0.4 is 5.73 Å². The number of nitrogens with zero attached hydrogens (tertiary/aromatic N) is 4. The van der Waals surface area contributed by atoms with Crippen LogP contribution in [0.2, 0.25) is 0 Å². The lowest BCUT2D eigenvalue weighted by Gasteiger charge is -2.04. The summed E-state index contributed by atoms with van der Waals surface area (Å²) < 4.78 is 1.52. The third-order valence-electron chi connectivity index (χ3n) is 1.69. The van der Waals surface area contributed by atoms with Crippen molar-refractivity contribution in [2.75, 3.05) is 0 Å². The Morgan fingerprint density at radius 2 is 2.36 bits per heavy atom. The first-order chi connectivity index (χ1) is 6.79. The third-order valence-corrected chi connectivity index (χ3v) is 1.91. The average molecular weight is 205 g/mol. The highest BCUT2D eigenvalue weighted by molar-refractivity contribution is 7.80. The molecular formula is C8H7N5S. The first-order valence-corrected chi connectivity index (χ1v) is 4.29. The molecule has 0 unspecified atom stereocenters. The largest absolute Gasteiger partial charge is 0.389 e. The van der Waals surface area contributed by atoms with Gasteiger partial charge in [-0.05, 0) is 12.1 Å². The van der Waals surface area contributed by atoms with Crippen molar-refractivity contribution in [3.05, 3.63) is 36.5 Å². The first kappa shape index (κ1) is 8.76. The molecule has 0 spiro atoms. The minimum atomic E-state index is 0.295. The lowest BCUT2D eigenvalue weighted by Crippen LogP contribution is -2.14. The predicted molar refractivity (Wildman–Crippen MR) is 55.0 cm³/mol. The SMILES string of the molecule is NC(=S)c1cccnc1-n1cncn1. The second-order valence-electron chi connectivity index (χ2n) is 2.58. The van der Waals surface area contributed by atoms with Gasteiger partial charge in [-0.25, -0.2) is 14.6 Å². The van der Waals surface area contributed by atoms with Crippen molar-refractivity contribution in [3.8, 4) is 5.82 Å². The fraction of sp³-hybridized carbons (Fsp3) is 0. The molecule has 0 aliphatic carbocycles. The Balaban J connectivity index is 2.58. The molecular weight excluding hydrogens is 198 g/mol. The summed E-state index contributed by atoms with van der Waals surface area (Å²) in [5.41, 5.74) is 6.24. The zero-order valence-electron chi connectivity index (χ0n) is 7.16. The highest BCUT2D eigenvalue weighted by atomic mass is 32.1. The summed E-state index contributed by atoms with van der Waals surface area (Å²) in [6.45, 7) is 0. The highest BCUT2D eigenvalue weighted by Crippen LogP contribution is 2.08. The van der Waals surface area contributed by atoms with E-state index in [1.807, 2.05) is 0 Å². The second kappa shape index (κ2) is 3.51. The van der Waals surface area contributed by atoms with Crippen LogP contribution in [0.3, 0.4) is 0 Å². The van der Waals surface area contributed by atoms with Gasteiger partial charge in [0.05, 0.1) is 5.56 Å². The lowest BCUT2D eigenvalue weighted by atomic mass is 10.2. The van der Waals surface area contributed by atoms with Gasteiger partial charge < -0.3 is 5.73 Å². The number of hydrogen-bond donors (Lipinski definition) is 1. The second-order valence-corrected chi connectivity index (χ2v) is 3.02. The summed E-state index contributed by atoms with van der Waals surface area (Å²) in [7, 11) is 0. The molecule has 6 heteroatoms. The maximum atomic E-state index is 5.55. The van der Waals surface area contributed by atoms with E-state index in [0.717, 1.165) is 0 Å². The van der Waals surface area contributed by atoms with Gasteiger partial charge in [0.15, 0.2) is 5.82 Å². The summed E-state index contributed by atoms with van der Waals surface area (Å²) in [5.74, 6) is 0.595. The van der Waals surface area contributed by atoms with Gasteiger partial charge in [0.1, 0.15) is 17.6 Å². The van der Waals surface area contributed by atoms with E-state index in [4.69, 9.17) is 18.0 Å². The molecule has 2 N–H and O–H groups in total. The minimum Gasteiger partial charge on any atom is -0.389 e. The van der Waals surface area contributed by atoms with Crippen molar-refractivity contribution in [1.29, 1.82) is 0 Å². The highest BCUT2D eigenvalue weighted by Gasteiger charge is 2.07. The monoisotopic (exact) mass is 205 g/mol. The van der Waals surface area contributed by atoms with Crippen molar-refractivity contribution < 1.29 is 0 Å². The molecule has 2 rings (SSSR count). The number of aromatic nitrogens is 4. The summed E-state index contributed by atoms with van der Waals surface area (Å²) in [6, 6.07) is 3.57. The standard InChI is InChI=1S/C8H7N5S/c9-7(14)6-2-1-3-11-8(6)13-5-10-4-12-13/h1-5H,(H2,9,14). The van der Waals surface area contributed by atoms with Gasteiger partial charge in [-0.15, -0.1) is 0 Å². The Hall–Kier alpha value is -1.82. The predicted octanol–water partition coefficient (Wildman–Crippen LogP) is 0.297. The van der Waals surface area contributed by atoms with Gasteiger partial charge in [0.2, 0.25) is 0 Å². The van der Waals surface area contributed by atoms with Crippen LogP contribution in [0.25, 0.3) is 5.82 Å². The average Bonchev–Trinajstić information content (AvgIpc) is 2.70.